The molecule has 0 unspecified atom stereocenters. The molecule has 1 amide bonds. The second kappa shape index (κ2) is 8.15. The molecule has 0 atom stereocenters. The molecule has 2 N–H and O–H groups in total. The molecule has 26 heavy (non-hydrogen) atoms. The van der Waals surface area contributed by atoms with Crippen molar-refractivity contribution in [3.63, 3.8) is 0 Å². The number of unbranched alkanes of at least 4 members (excludes halogenated alkanes) is 1. The number of thiazole rings is 1. The number of nitrogens with one attached hydrogen (secondary N) is 1. The van der Waals surface area contributed by atoms with Crippen LogP contribution in [0.15, 0.2) is 36.7 Å². The van der Waals surface area contributed by atoms with Crippen molar-refractivity contribution in [3.05, 3.63) is 46.2 Å². The van der Waals surface area contributed by atoms with Crippen LogP contribution in [0.4, 0.5) is 5.82 Å². The van der Waals surface area contributed by atoms with Gasteiger partial charge in [-0.1, -0.05) is 11.3 Å². The summed E-state index contributed by atoms with van der Waals surface area (Å²) in [5.41, 5.74) is 1.33. The van der Waals surface area contributed by atoms with E-state index in [4.69, 9.17) is 17.3 Å². The zero-order valence-electron chi connectivity index (χ0n) is 13.7. The Morgan fingerprint density at radius 2 is 1.96 bits per heavy atom. The van der Waals surface area contributed by atoms with Gasteiger partial charge in [-0.3, -0.25) is 19.5 Å². The Kier molecular flexibility index (Phi) is 5.69. The third kappa shape index (κ3) is 4.30. The number of nitrogens with zero attached hydrogens (tertiary/aromatic N) is 3. The van der Waals surface area contributed by atoms with Crippen LogP contribution in [0.2, 0.25) is 0 Å². The first kappa shape index (κ1) is 18.2. The first-order chi connectivity index (χ1) is 12.5. The van der Waals surface area contributed by atoms with Gasteiger partial charge in [-0.25, -0.2) is 4.98 Å². The van der Waals surface area contributed by atoms with Crippen LogP contribution < -0.4 is 4.90 Å². The highest BCUT2D eigenvalue weighted by Gasteiger charge is 2.19. The first-order valence-electron chi connectivity index (χ1n) is 7.98. The van der Waals surface area contributed by atoms with E-state index >= 15 is 0 Å². The van der Waals surface area contributed by atoms with Crippen molar-refractivity contribution in [2.24, 2.45) is 0 Å². The summed E-state index contributed by atoms with van der Waals surface area (Å²) in [6.45, 7) is 0.378. The van der Waals surface area contributed by atoms with Gasteiger partial charge in [0.15, 0.2) is 3.95 Å². The lowest BCUT2D eigenvalue weighted by atomic mass is 10.2. The molecule has 0 radical (unpaired) electrons. The molecule has 134 valence electrons. The van der Waals surface area contributed by atoms with Crippen LogP contribution in [0, 0.1) is 3.95 Å². The standard InChI is InChI=1S/C17H16N4O3S2/c22-14(23)3-1-2-10-21(16(24)11-6-8-18-9-7-11)13-5-4-12-15(20-13)26-17(25)19-12/h4-9H,1-3,10H2,(H,19,25)(H,22,23). The highest BCUT2D eigenvalue weighted by Crippen LogP contribution is 2.23. The number of hydrogen-bond donors (Lipinski definition) is 2. The van der Waals surface area contributed by atoms with Crippen molar-refractivity contribution >= 4 is 51.6 Å². The highest BCUT2D eigenvalue weighted by atomic mass is 32.1. The number of rotatable bonds is 7. The smallest absolute Gasteiger partial charge is 0.303 e. The minimum Gasteiger partial charge on any atom is -0.481 e. The molecule has 3 rings (SSSR count). The van der Waals surface area contributed by atoms with E-state index in [9.17, 15) is 9.59 Å². The number of carboxylic acids is 1. The molecule has 3 aromatic rings. The molecule has 9 heteroatoms. The molecule has 7 nitrogen and oxygen atoms in total. The quantitative estimate of drug-likeness (QED) is 0.473. The van der Waals surface area contributed by atoms with E-state index in [0.717, 1.165) is 10.3 Å². The van der Waals surface area contributed by atoms with Crippen LogP contribution in [-0.4, -0.2) is 38.5 Å². The van der Waals surface area contributed by atoms with E-state index < -0.39 is 5.97 Å². The van der Waals surface area contributed by atoms with Gasteiger partial charge in [-0.2, -0.15) is 0 Å². The molecule has 3 aromatic heterocycles. The lowest BCUT2D eigenvalue weighted by molar-refractivity contribution is -0.137. The van der Waals surface area contributed by atoms with Gasteiger partial charge in [0.05, 0.1) is 5.52 Å². The molecule has 0 aliphatic carbocycles. The third-order valence-corrected chi connectivity index (χ3v) is 4.89. The minimum atomic E-state index is -0.844. The Bertz CT molecular complexity index is 984. The molecule has 0 spiro atoms. The molecule has 0 aromatic carbocycles. The molecule has 0 fully saturated rings. The maximum absolute atomic E-state index is 12.9. The zero-order chi connectivity index (χ0) is 18.5. The molecule has 3 heterocycles. The Labute approximate surface area is 158 Å². The predicted molar refractivity (Wildman–Crippen MR) is 102 cm³/mol. The maximum Gasteiger partial charge on any atom is 0.303 e. The van der Waals surface area contributed by atoms with Gasteiger partial charge < -0.3 is 10.1 Å². The summed E-state index contributed by atoms with van der Waals surface area (Å²) in [7, 11) is 0. The number of pyridine rings is 2. The van der Waals surface area contributed by atoms with Crippen LogP contribution in [-0.2, 0) is 4.79 Å². The average molecular weight is 388 g/mol. The Balaban J connectivity index is 1.88. The van der Waals surface area contributed by atoms with Crippen molar-refractivity contribution in [3.8, 4) is 0 Å². The number of fused-ring (bicyclic) bond motifs is 1. The first-order valence-corrected chi connectivity index (χ1v) is 9.20. The van der Waals surface area contributed by atoms with E-state index in [1.54, 1.807) is 35.5 Å². The van der Waals surface area contributed by atoms with Gasteiger partial charge >= 0.3 is 5.97 Å². The topological polar surface area (TPSA) is 99.2 Å². The third-order valence-electron chi connectivity index (χ3n) is 3.74. The SMILES string of the molecule is O=C(O)CCCCN(C(=O)c1ccncc1)c1ccc2[nH]c(=S)sc2n1. The normalized spacial score (nSPS) is 10.8. The van der Waals surface area contributed by atoms with E-state index in [1.165, 1.54) is 11.3 Å². The average Bonchev–Trinajstić information content (AvgIpc) is 3.01. The number of aliphatic carboxylic acids is 1. The molecule has 0 aliphatic rings. The predicted octanol–water partition coefficient (Wildman–Crippen LogP) is 3.65. The number of amides is 1. The number of hydrogen-bond acceptors (Lipinski definition) is 6. The summed E-state index contributed by atoms with van der Waals surface area (Å²) in [4.78, 5) is 37.5. The Morgan fingerprint density at radius 3 is 2.69 bits per heavy atom. The van der Waals surface area contributed by atoms with Crippen LogP contribution in [0.5, 0.6) is 0 Å². The van der Waals surface area contributed by atoms with E-state index in [1.807, 2.05) is 6.07 Å². The molecule has 0 bridgehead atoms. The van der Waals surface area contributed by atoms with Crippen molar-refractivity contribution in [2.45, 2.75) is 19.3 Å². The summed E-state index contributed by atoms with van der Waals surface area (Å²) in [5.74, 6) is -0.530. The molecular formula is C17H16N4O3S2. The van der Waals surface area contributed by atoms with E-state index in [0.29, 0.717) is 34.7 Å². The van der Waals surface area contributed by atoms with Gasteiger partial charge in [0.2, 0.25) is 0 Å². The summed E-state index contributed by atoms with van der Waals surface area (Å²) < 4.78 is 0.623. The summed E-state index contributed by atoms with van der Waals surface area (Å²) in [5, 5.41) is 8.79. The van der Waals surface area contributed by atoms with Gasteiger partial charge in [0, 0.05) is 30.9 Å². The maximum atomic E-state index is 12.9. The van der Waals surface area contributed by atoms with Gasteiger partial charge in [0.1, 0.15) is 10.6 Å². The largest absolute Gasteiger partial charge is 0.481 e. The molecule has 0 aliphatic heterocycles. The fourth-order valence-electron chi connectivity index (χ4n) is 2.49. The molecule has 0 saturated carbocycles. The zero-order valence-corrected chi connectivity index (χ0v) is 15.3. The second-order valence-electron chi connectivity index (χ2n) is 5.58. The Hall–Kier alpha value is -2.65. The van der Waals surface area contributed by atoms with Crippen LogP contribution >= 0.6 is 23.6 Å². The van der Waals surface area contributed by atoms with Gasteiger partial charge in [-0.05, 0) is 49.3 Å². The summed E-state index contributed by atoms with van der Waals surface area (Å²) in [6, 6.07) is 6.89. The fourth-order valence-corrected chi connectivity index (χ4v) is 3.55. The lowest BCUT2D eigenvalue weighted by Crippen LogP contribution is -2.32. The fraction of sp³-hybridized carbons (Fsp3) is 0.235. The summed E-state index contributed by atoms with van der Waals surface area (Å²) >= 11 is 6.49. The van der Waals surface area contributed by atoms with Crippen molar-refractivity contribution in [2.75, 3.05) is 11.4 Å². The van der Waals surface area contributed by atoms with E-state index in [2.05, 4.69) is 15.0 Å². The monoisotopic (exact) mass is 388 g/mol. The lowest BCUT2D eigenvalue weighted by Gasteiger charge is -2.21. The number of carbonyl (C=O) groups is 2. The number of aromatic amines is 1. The van der Waals surface area contributed by atoms with Crippen molar-refractivity contribution in [1.29, 1.82) is 0 Å². The van der Waals surface area contributed by atoms with Crippen LogP contribution in [0.1, 0.15) is 29.6 Å². The van der Waals surface area contributed by atoms with Gasteiger partial charge in [-0.15, -0.1) is 0 Å². The van der Waals surface area contributed by atoms with Crippen molar-refractivity contribution in [1.82, 2.24) is 15.0 Å². The van der Waals surface area contributed by atoms with Crippen LogP contribution in [0.3, 0.4) is 0 Å². The highest BCUT2D eigenvalue weighted by molar-refractivity contribution is 7.73. The number of H-pyrrole nitrogens is 1. The molecular weight excluding hydrogens is 372 g/mol. The molecule has 0 saturated heterocycles. The summed E-state index contributed by atoms with van der Waals surface area (Å²) in [6.07, 6.45) is 4.24. The minimum absolute atomic E-state index is 0.0724. The van der Waals surface area contributed by atoms with Crippen LogP contribution in [0.25, 0.3) is 10.3 Å². The number of aromatic nitrogens is 3. The van der Waals surface area contributed by atoms with Crippen molar-refractivity contribution < 1.29 is 14.7 Å². The number of carboxylic acid groups (broad SMARTS) is 1. The number of carbonyl (C=O) groups excluding carboxylic acids is 1. The van der Waals surface area contributed by atoms with Gasteiger partial charge in [0.25, 0.3) is 5.91 Å². The Morgan fingerprint density at radius 1 is 1.19 bits per heavy atom. The second-order valence-corrected chi connectivity index (χ2v) is 7.25. The van der Waals surface area contributed by atoms with E-state index in [-0.39, 0.29) is 12.3 Å². The number of anilines is 1.